The second-order valence-electron chi connectivity index (χ2n) is 2.33. The zero-order chi connectivity index (χ0) is 8.10. The first-order valence-corrected chi connectivity index (χ1v) is 3.60. The molecule has 1 aromatic rings. The Morgan fingerprint density at radius 2 is 2.09 bits per heavy atom. The maximum atomic E-state index is 4.93. The molecule has 0 aromatic carbocycles. The molecule has 0 bridgehead atoms. The average molecular weight is 152 g/mol. The van der Waals surface area contributed by atoms with Crippen molar-refractivity contribution in [3.8, 4) is 0 Å². The van der Waals surface area contributed by atoms with E-state index in [0.717, 1.165) is 17.8 Å². The fraction of sp³-hybridized carbons (Fsp3) is 0.500. The van der Waals surface area contributed by atoms with Gasteiger partial charge in [-0.05, 0) is 6.92 Å². The maximum absolute atomic E-state index is 4.93. The van der Waals surface area contributed by atoms with Crippen LogP contribution in [-0.2, 0) is 11.2 Å². The van der Waals surface area contributed by atoms with Crippen LogP contribution in [0.4, 0.5) is 0 Å². The minimum Gasteiger partial charge on any atom is -0.384 e. The van der Waals surface area contributed by atoms with E-state index in [1.54, 1.807) is 19.5 Å². The molecule has 1 rings (SSSR count). The highest BCUT2D eigenvalue weighted by Crippen LogP contribution is 1.99. The number of nitrogens with zero attached hydrogens (tertiary/aromatic N) is 2. The van der Waals surface area contributed by atoms with Crippen LogP contribution in [0.3, 0.4) is 0 Å². The van der Waals surface area contributed by atoms with Gasteiger partial charge in [0.1, 0.15) is 0 Å². The van der Waals surface area contributed by atoms with Gasteiger partial charge in [-0.1, -0.05) is 0 Å². The van der Waals surface area contributed by atoms with Gasteiger partial charge >= 0.3 is 0 Å². The molecule has 0 aliphatic carbocycles. The first kappa shape index (κ1) is 8.14. The van der Waals surface area contributed by atoms with Crippen molar-refractivity contribution in [1.82, 2.24) is 9.97 Å². The average Bonchev–Trinajstić information content (AvgIpc) is 2.03. The van der Waals surface area contributed by atoms with Gasteiger partial charge < -0.3 is 4.74 Å². The molecule has 0 atom stereocenters. The number of ether oxygens (including phenoxy) is 1. The number of rotatable bonds is 3. The van der Waals surface area contributed by atoms with Gasteiger partial charge in [0.05, 0.1) is 18.0 Å². The van der Waals surface area contributed by atoms with Gasteiger partial charge in [0.2, 0.25) is 0 Å². The van der Waals surface area contributed by atoms with Crippen LogP contribution in [0.5, 0.6) is 0 Å². The molecule has 0 spiro atoms. The summed E-state index contributed by atoms with van der Waals surface area (Å²) >= 11 is 0. The summed E-state index contributed by atoms with van der Waals surface area (Å²) in [5.74, 6) is 0. The molecule has 0 N–H and O–H groups in total. The molecule has 0 aliphatic rings. The molecule has 1 aromatic heterocycles. The first-order chi connectivity index (χ1) is 5.34. The van der Waals surface area contributed by atoms with Gasteiger partial charge in [-0.25, -0.2) is 0 Å². The van der Waals surface area contributed by atoms with E-state index in [1.807, 2.05) is 6.92 Å². The van der Waals surface area contributed by atoms with E-state index in [4.69, 9.17) is 4.74 Å². The fourth-order valence-electron chi connectivity index (χ4n) is 0.881. The standard InChI is InChI=1S/C8H12N2O/c1-7-8(3-6-11-2)10-5-4-9-7/h4-5H,3,6H2,1-2H3. The van der Waals surface area contributed by atoms with Crippen molar-refractivity contribution in [1.29, 1.82) is 0 Å². The summed E-state index contributed by atoms with van der Waals surface area (Å²) < 4.78 is 4.93. The van der Waals surface area contributed by atoms with Crippen LogP contribution in [0.2, 0.25) is 0 Å². The Labute approximate surface area is 66.4 Å². The maximum Gasteiger partial charge on any atom is 0.0638 e. The van der Waals surface area contributed by atoms with Gasteiger partial charge in [-0.3, -0.25) is 9.97 Å². The Morgan fingerprint density at radius 1 is 1.36 bits per heavy atom. The van der Waals surface area contributed by atoms with E-state index < -0.39 is 0 Å². The largest absolute Gasteiger partial charge is 0.384 e. The van der Waals surface area contributed by atoms with Crippen LogP contribution in [0.1, 0.15) is 11.4 Å². The Balaban J connectivity index is 2.62. The van der Waals surface area contributed by atoms with Crippen molar-refractivity contribution >= 4 is 0 Å². The number of aromatic nitrogens is 2. The van der Waals surface area contributed by atoms with E-state index in [-0.39, 0.29) is 0 Å². The molecular weight excluding hydrogens is 140 g/mol. The molecule has 0 aliphatic heterocycles. The molecule has 3 nitrogen and oxygen atoms in total. The van der Waals surface area contributed by atoms with Crippen LogP contribution >= 0.6 is 0 Å². The van der Waals surface area contributed by atoms with Crippen LogP contribution in [0.15, 0.2) is 12.4 Å². The lowest BCUT2D eigenvalue weighted by molar-refractivity contribution is 0.201. The summed E-state index contributed by atoms with van der Waals surface area (Å²) in [6.45, 7) is 2.66. The Kier molecular flexibility index (Phi) is 2.98. The molecule has 0 saturated carbocycles. The molecular formula is C8H12N2O. The van der Waals surface area contributed by atoms with Crippen LogP contribution < -0.4 is 0 Å². The smallest absolute Gasteiger partial charge is 0.0638 e. The van der Waals surface area contributed by atoms with Crippen molar-refractivity contribution in [2.45, 2.75) is 13.3 Å². The quantitative estimate of drug-likeness (QED) is 0.647. The zero-order valence-electron chi connectivity index (χ0n) is 6.87. The predicted molar refractivity (Wildman–Crippen MR) is 42.3 cm³/mol. The minimum absolute atomic E-state index is 0.708. The first-order valence-electron chi connectivity index (χ1n) is 3.60. The topological polar surface area (TPSA) is 35.0 Å². The van der Waals surface area contributed by atoms with Crippen LogP contribution in [0, 0.1) is 6.92 Å². The summed E-state index contributed by atoms with van der Waals surface area (Å²) in [5.41, 5.74) is 2.01. The molecule has 0 amide bonds. The lowest BCUT2D eigenvalue weighted by Crippen LogP contribution is -2.00. The van der Waals surface area contributed by atoms with Gasteiger partial charge in [-0.15, -0.1) is 0 Å². The molecule has 60 valence electrons. The molecule has 11 heavy (non-hydrogen) atoms. The van der Waals surface area contributed by atoms with Gasteiger partial charge in [-0.2, -0.15) is 0 Å². The summed E-state index contributed by atoms with van der Waals surface area (Å²) in [4.78, 5) is 8.29. The van der Waals surface area contributed by atoms with E-state index >= 15 is 0 Å². The van der Waals surface area contributed by atoms with Crippen molar-refractivity contribution in [2.24, 2.45) is 0 Å². The molecule has 0 radical (unpaired) electrons. The zero-order valence-corrected chi connectivity index (χ0v) is 6.87. The van der Waals surface area contributed by atoms with Gasteiger partial charge in [0.15, 0.2) is 0 Å². The highest BCUT2D eigenvalue weighted by molar-refractivity contribution is 5.07. The molecule has 3 heteroatoms. The van der Waals surface area contributed by atoms with Gasteiger partial charge in [0, 0.05) is 25.9 Å². The lowest BCUT2D eigenvalue weighted by atomic mass is 10.2. The SMILES string of the molecule is COCCc1nccnc1C. The summed E-state index contributed by atoms with van der Waals surface area (Å²) in [5, 5.41) is 0. The highest BCUT2D eigenvalue weighted by Gasteiger charge is 1.97. The predicted octanol–water partition coefficient (Wildman–Crippen LogP) is 0.974. The van der Waals surface area contributed by atoms with Crippen molar-refractivity contribution in [3.63, 3.8) is 0 Å². The van der Waals surface area contributed by atoms with E-state index in [1.165, 1.54) is 0 Å². The number of aryl methyl sites for hydroxylation is 1. The third-order valence-corrected chi connectivity index (χ3v) is 1.53. The number of hydrogen-bond donors (Lipinski definition) is 0. The summed E-state index contributed by atoms with van der Waals surface area (Å²) in [6.07, 6.45) is 4.25. The highest BCUT2D eigenvalue weighted by atomic mass is 16.5. The Bertz CT molecular complexity index is 225. The van der Waals surface area contributed by atoms with E-state index in [9.17, 15) is 0 Å². The summed E-state index contributed by atoms with van der Waals surface area (Å²) in [6, 6.07) is 0. The Morgan fingerprint density at radius 3 is 2.73 bits per heavy atom. The van der Waals surface area contributed by atoms with E-state index in [0.29, 0.717) is 6.61 Å². The van der Waals surface area contributed by atoms with Crippen molar-refractivity contribution < 1.29 is 4.74 Å². The molecule has 0 saturated heterocycles. The Hall–Kier alpha value is -0.960. The second kappa shape index (κ2) is 4.03. The van der Waals surface area contributed by atoms with Crippen molar-refractivity contribution in [3.05, 3.63) is 23.8 Å². The minimum atomic E-state index is 0.708. The van der Waals surface area contributed by atoms with Crippen LogP contribution in [0.25, 0.3) is 0 Å². The number of methoxy groups -OCH3 is 1. The lowest BCUT2D eigenvalue weighted by Gasteiger charge is -2.00. The molecule has 1 heterocycles. The third kappa shape index (κ3) is 2.27. The molecule has 0 unspecified atom stereocenters. The third-order valence-electron chi connectivity index (χ3n) is 1.53. The van der Waals surface area contributed by atoms with Crippen LogP contribution in [-0.4, -0.2) is 23.7 Å². The number of hydrogen-bond acceptors (Lipinski definition) is 3. The van der Waals surface area contributed by atoms with E-state index in [2.05, 4.69) is 9.97 Å². The summed E-state index contributed by atoms with van der Waals surface area (Å²) in [7, 11) is 1.69. The second-order valence-corrected chi connectivity index (χ2v) is 2.33. The van der Waals surface area contributed by atoms with Crippen molar-refractivity contribution in [2.75, 3.05) is 13.7 Å². The monoisotopic (exact) mass is 152 g/mol. The van der Waals surface area contributed by atoms with Gasteiger partial charge in [0.25, 0.3) is 0 Å². The normalized spacial score (nSPS) is 10.0. The molecule has 0 fully saturated rings. The fourth-order valence-corrected chi connectivity index (χ4v) is 0.881.